The van der Waals surface area contributed by atoms with Crippen molar-refractivity contribution in [3.05, 3.63) is 34.9 Å². The number of aryl methyl sites for hydroxylation is 2. The zero-order valence-electron chi connectivity index (χ0n) is 12.3. The molecule has 2 heteroatoms. The second-order valence-electron chi connectivity index (χ2n) is 5.31. The van der Waals surface area contributed by atoms with Gasteiger partial charge >= 0.3 is 0 Å². The minimum atomic E-state index is 0.279. The van der Waals surface area contributed by atoms with Crippen molar-refractivity contribution in [3.63, 3.8) is 0 Å². The van der Waals surface area contributed by atoms with Crippen molar-refractivity contribution >= 4 is 0 Å². The summed E-state index contributed by atoms with van der Waals surface area (Å²) in [6.07, 6.45) is 4.94. The number of nitrogens with one attached hydrogen (secondary N) is 1. The van der Waals surface area contributed by atoms with Crippen LogP contribution in [-0.4, -0.2) is 0 Å². The number of nitrogens with two attached hydrogens (primary N) is 1. The van der Waals surface area contributed by atoms with Gasteiger partial charge in [-0.3, -0.25) is 11.3 Å². The molecule has 0 radical (unpaired) electrons. The highest BCUT2D eigenvalue weighted by Crippen LogP contribution is 2.30. The number of hydrogen-bond donors (Lipinski definition) is 2. The van der Waals surface area contributed by atoms with Crippen LogP contribution in [0.15, 0.2) is 18.2 Å². The van der Waals surface area contributed by atoms with Crippen LogP contribution in [0, 0.1) is 19.8 Å². The Hall–Kier alpha value is -0.860. The molecule has 0 saturated carbocycles. The molecule has 1 rings (SSSR count). The first kappa shape index (κ1) is 15.2. The average molecular weight is 248 g/mol. The fourth-order valence-electron chi connectivity index (χ4n) is 2.65. The molecule has 0 aliphatic rings. The minimum Gasteiger partial charge on any atom is -0.271 e. The lowest BCUT2D eigenvalue weighted by Crippen LogP contribution is -2.34. The molecular formula is C16H28N2. The van der Waals surface area contributed by atoms with E-state index in [1.807, 2.05) is 0 Å². The molecule has 0 saturated heterocycles. The first-order valence-electron chi connectivity index (χ1n) is 7.17. The highest BCUT2D eigenvalue weighted by atomic mass is 15.2. The Balaban J connectivity index is 2.95. The maximum atomic E-state index is 5.82. The molecular weight excluding hydrogens is 220 g/mol. The van der Waals surface area contributed by atoms with E-state index in [9.17, 15) is 0 Å². The predicted octanol–water partition coefficient (Wildman–Crippen LogP) is 4.02. The van der Waals surface area contributed by atoms with Gasteiger partial charge in [-0.05, 0) is 37.3 Å². The lowest BCUT2D eigenvalue weighted by molar-refractivity contribution is 0.326. The summed E-state index contributed by atoms with van der Waals surface area (Å²) in [6.45, 7) is 8.82. The van der Waals surface area contributed by atoms with E-state index in [2.05, 4.69) is 51.3 Å². The van der Waals surface area contributed by atoms with Gasteiger partial charge in [-0.15, -0.1) is 0 Å². The molecule has 0 bridgehead atoms. The lowest BCUT2D eigenvalue weighted by atomic mass is 9.85. The molecule has 3 N–H and O–H groups in total. The van der Waals surface area contributed by atoms with Crippen LogP contribution in [0.4, 0.5) is 0 Å². The van der Waals surface area contributed by atoms with Crippen LogP contribution < -0.4 is 11.3 Å². The number of benzene rings is 1. The van der Waals surface area contributed by atoms with Crippen LogP contribution in [0.25, 0.3) is 0 Å². The van der Waals surface area contributed by atoms with E-state index in [1.165, 1.54) is 42.4 Å². The van der Waals surface area contributed by atoms with Crippen LogP contribution in [0.1, 0.15) is 62.3 Å². The molecule has 2 nitrogen and oxygen atoms in total. The van der Waals surface area contributed by atoms with Crippen molar-refractivity contribution in [1.82, 2.24) is 5.43 Å². The van der Waals surface area contributed by atoms with E-state index in [0.717, 1.165) is 0 Å². The van der Waals surface area contributed by atoms with E-state index < -0.39 is 0 Å². The van der Waals surface area contributed by atoms with Crippen molar-refractivity contribution in [1.29, 1.82) is 0 Å². The van der Waals surface area contributed by atoms with Crippen molar-refractivity contribution in [2.75, 3.05) is 0 Å². The van der Waals surface area contributed by atoms with E-state index >= 15 is 0 Å². The normalized spacial score (nSPS) is 14.5. The van der Waals surface area contributed by atoms with Gasteiger partial charge in [0, 0.05) is 6.04 Å². The first-order valence-corrected chi connectivity index (χ1v) is 7.17. The fourth-order valence-corrected chi connectivity index (χ4v) is 2.65. The Bertz CT molecular complexity index is 360. The van der Waals surface area contributed by atoms with E-state index in [1.54, 1.807) is 0 Å². The van der Waals surface area contributed by atoms with Crippen molar-refractivity contribution in [2.24, 2.45) is 11.8 Å². The summed E-state index contributed by atoms with van der Waals surface area (Å²) in [6, 6.07) is 6.91. The Morgan fingerprint density at radius 2 is 1.94 bits per heavy atom. The van der Waals surface area contributed by atoms with Gasteiger partial charge < -0.3 is 0 Å². The van der Waals surface area contributed by atoms with Gasteiger partial charge in [-0.25, -0.2) is 0 Å². The third-order valence-electron chi connectivity index (χ3n) is 3.87. The zero-order valence-corrected chi connectivity index (χ0v) is 12.3. The maximum absolute atomic E-state index is 5.82. The average Bonchev–Trinajstić information content (AvgIpc) is 2.38. The molecule has 0 aliphatic carbocycles. The van der Waals surface area contributed by atoms with Gasteiger partial charge in [-0.1, -0.05) is 56.9 Å². The van der Waals surface area contributed by atoms with Crippen LogP contribution in [0.3, 0.4) is 0 Å². The summed E-state index contributed by atoms with van der Waals surface area (Å²) in [7, 11) is 0. The Labute approximate surface area is 112 Å². The summed E-state index contributed by atoms with van der Waals surface area (Å²) < 4.78 is 0. The van der Waals surface area contributed by atoms with Crippen molar-refractivity contribution < 1.29 is 0 Å². The number of hydrogen-bond acceptors (Lipinski definition) is 2. The van der Waals surface area contributed by atoms with Crippen LogP contribution in [0.5, 0.6) is 0 Å². The second-order valence-corrected chi connectivity index (χ2v) is 5.31. The summed E-state index contributed by atoms with van der Waals surface area (Å²) >= 11 is 0. The molecule has 2 atom stereocenters. The predicted molar refractivity (Wildman–Crippen MR) is 79.3 cm³/mol. The Kier molecular flexibility index (Phi) is 6.37. The molecule has 18 heavy (non-hydrogen) atoms. The second kappa shape index (κ2) is 7.55. The molecule has 0 fully saturated rings. The minimum absolute atomic E-state index is 0.279. The fraction of sp³-hybridized carbons (Fsp3) is 0.625. The SMILES string of the molecule is CCCCC(CC)C(NN)c1cc(C)ccc1C. The Morgan fingerprint density at radius 3 is 2.50 bits per heavy atom. The molecule has 0 aromatic heterocycles. The monoisotopic (exact) mass is 248 g/mol. The molecule has 2 unspecified atom stereocenters. The summed E-state index contributed by atoms with van der Waals surface area (Å²) in [5, 5.41) is 0. The lowest BCUT2D eigenvalue weighted by Gasteiger charge is -2.27. The number of hydrazine groups is 1. The summed E-state index contributed by atoms with van der Waals surface area (Å²) in [5.41, 5.74) is 7.05. The highest BCUT2D eigenvalue weighted by molar-refractivity contribution is 5.33. The van der Waals surface area contributed by atoms with Crippen LogP contribution in [0.2, 0.25) is 0 Å². The molecule has 0 heterocycles. The standard InChI is InChI=1S/C16H28N2/c1-5-7-8-14(6-2)16(18-17)15-11-12(3)9-10-13(15)4/h9-11,14,16,18H,5-8,17H2,1-4H3. The number of rotatable bonds is 7. The smallest absolute Gasteiger partial charge is 0.0490 e. The van der Waals surface area contributed by atoms with Gasteiger partial charge in [0.15, 0.2) is 0 Å². The molecule has 102 valence electrons. The quantitative estimate of drug-likeness (QED) is 0.565. The van der Waals surface area contributed by atoms with E-state index in [-0.39, 0.29) is 6.04 Å². The first-order chi connectivity index (χ1) is 8.63. The van der Waals surface area contributed by atoms with Gasteiger partial charge in [-0.2, -0.15) is 0 Å². The molecule has 0 amide bonds. The third kappa shape index (κ3) is 3.82. The molecule has 1 aromatic carbocycles. The van der Waals surface area contributed by atoms with Crippen LogP contribution >= 0.6 is 0 Å². The van der Waals surface area contributed by atoms with Gasteiger partial charge in [0.1, 0.15) is 0 Å². The summed E-state index contributed by atoms with van der Waals surface area (Å²) in [5.74, 6) is 6.44. The van der Waals surface area contributed by atoms with Gasteiger partial charge in [0.2, 0.25) is 0 Å². The maximum Gasteiger partial charge on any atom is 0.0490 e. The van der Waals surface area contributed by atoms with E-state index in [4.69, 9.17) is 5.84 Å². The van der Waals surface area contributed by atoms with Crippen molar-refractivity contribution in [2.45, 2.75) is 59.4 Å². The zero-order chi connectivity index (χ0) is 13.5. The van der Waals surface area contributed by atoms with E-state index in [0.29, 0.717) is 5.92 Å². The molecule has 1 aromatic rings. The number of unbranched alkanes of at least 4 members (excludes halogenated alkanes) is 1. The van der Waals surface area contributed by atoms with Crippen LogP contribution in [-0.2, 0) is 0 Å². The van der Waals surface area contributed by atoms with Gasteiger partial charge in [0.05, 0.1) is 0 Å². The summed E-state index contributed by atoms with van der Waals surface area (Å²) in [4.78, 5) is 0. The Morgan fingerprint density at radius 1 is 1.22 bits per heavy atom. The molecule has 0 spiro atoms. The highest BCUT2D eigenvalue weighted by Gasteiger charge is 2.21. The molecule has 0 aliphatic heterocycles. The van der Waals surface area contributed by atoms with Gasteiger partial charge in [0.25, 0.3) is 0 Å². The topological polar surface area (TPSA) is 38.0 Å². The van der Waals surface area contributed by atoms with Crippen molar-refractivity contribution in [3.8, 4) is 0 Å². The largest absolute Gasteiger partial charge is 0.271 e. The third-order valence-corrected chi connectivity index (χ3v) is 3.87.